The number of amides is 2. The van der Waals surface area contributed by atoms with Crippen molar-refractivity contribution in [2.24, 2.45) is 0 Å². The minimum Gasteiger partial charge on any atom is -0.492 e. The third kappa shape index (κ3) is 4.52. The molecule has 2 N–H and O–H groups in total. The van der Waals surface area contributed by atoms with Crippen molar-refractivity contribution >= 4 is 17.5 Å². The molecule has 2 amide bonds. The van der Waals surface area contributed by atoms with Crippen LogP contribution in [0.25, 0.3) is 0 Å². The first kappa shape index (κ1) is 18.6. The minimum absolute atomic E-state index is 0.0343. The van der Waals surface area contributed by atoms with Crippen LogP contribution in [-0.4, -0.2) is 25.0 Å². The highest BCUT2D eigenvalue weighted by Gasteiger charge is 2.28. The predicted molar refractivity (Wildman–Crippen MR) is 93.5 cm³/mol. The van der Waals surface area contributed by atoms with Crippen LogP contribution in [0, 0.1) is 11.6 Å². The Morgan fingerprint density at radius 3 is 2.78 bits per heavy atom. The smallest absolute Gasteiger partial charge is 0.247 e. The van der Waals surface area contributed by atoms with Crippen LogP contribution in [0.1, 0.15) is 18.4 Å². The number of ether oxygens (including phenoxy) is 2. The van der Waals surface area contributed by atoms with Crippen LogP contribution in [0.5, 0.6) is 11.5 Å². The van der Waals surface area contributed by atoms with Crippen LogP contribution in [0.15, 0.2) is 36.4 Å². The lowest BCUT2D eigenvalue weighted by Crippen LogP contribution is -2.37. The molecule has 2 aromatic rings. The van der Waals surface area contributed by atoms with E-state index in [1.54, 1.807) is 6.07 Å². The van der Waals surface area contributed by atoms with E-state index in [4.69, 9.17) is 9.47 Å². The maximum Gasteiger partial charge on any atom is 0.247 e. The van der Waals surface area contributed by atoms with Crippen LogP contribution in [0.4, 0.5) is 14.5 Å². The van der Waals surface area contributed by atoms with Gasteiger partial charge in [0.2, 0.25) is 11.8 Å². The minimum atomic E-state index is -0.677. The summed E-state index contributed by atoms with van der Waals surface area (Å²) in [6, 6.07) is 7.63. The Balaban J connectivity index is 1.76. The van der Waals surface area contributed by atoms with E-state index < -0.39 is 23.6 Å². The quantitative estimate of drug-likeness (QED) is 0.813. The van der Waals surface area contributed by atoms with E-state index in [1.165, 1.54) is 37.4 Å². The highest BCUT2D eigenvalue weighted by atomic mass is 19.1. The van der Waals surface area contributed by atoms with Gasteiger partial charge >= 0.3 is 0 Å². The van der Waals surface area contributed by atoms with Crippen molar-refractivity contribution in [3.05, 3.63) is 53.6 Å². The first-order valence-corrected chi connectivity index (χ1v) is 8.31. The summed E-state index contributed by atoms with van der Waals surface area (Å²) >= 11 is 0. The number of hydrogen-bond acceptors (Lipinski definition) is 4. The molecular weight excluding hydrogens is 358 g/mol. The molecule has 0 spiro atoms. The summed E-state index contributed by atoms with van der Waals surface area (Å²) in [5.41, 5.74) is 0.546. The number of carbonyl (C=O) groups is 2. The highest BCUT2D eigenvalue weighted by molar-refractivity contribution is 5.99. The van der Waals surface area contributed by atoms with E-state index >= 15 is 0 Å². The molecule has 1 atom stereocenters. The Bertz CT molecular complexity index is 873. The van der Waals surface area contributed by atoms with E-state index in [-0.39, 0.29) is 30.4 Å². The van der Waals surface area contributed by atoms with Gasteiger partial charge in [0.1, 0.15) is 24.2 Å². The molecule has 1 aliphatic rings. The normalized spacial score (nSPS) is 16.0. The monoisotopic (exact) mass is 376 g/mol. The topological polar surface area (TPSA) is 76.7 Å². The van der Waals surface area contributed by atoms with Crippen molar-refractivity contribution in [1.82, 2.24) is 5.32 Å². The fraction of sp³-hybridized carbons (Fsp3) is 0.263. The standard InChI is InChI=1S/C19H18F2N2O4/c1-26-18-14(21)7-11(10-27-13-4-2-3-12(20)9-13)8-16(18)23-19(25)15-5-6-17(24)22-15/h2-4,7-9,15H,5-6,10H2,1H3,(H,22,24)(H,23,25). The van der Waals surface area contributed by atoms with Crippen molar-refractivity contribution in [2.45, 2.75) is 25.5 Å². The SMILES string of the molecule is COc1c(F)cc(COc2cccc(F)c2)cc1NC(=O)C1CCC(=O)N1. The number of nitrogens with one attached hydrogen (secondary N) is 2. The molecule has 0 saturated carbocycles. The molecule has 0 bridgehead atoms. The van der Waals surface area contributed by atoms with Crippen LogP contribution in [0.2, 0.25) is 0 Å². The number of methoxy groups -OCH3 is 1. The number of halogens is 2. The predicted octanol–water partition coefficient (Wildman–Crippen LogP) is 2.77. The summed E-state index contributed by atoms with van der Waals surface area (Å²) in [4.78, 5) is 23.6. The third-order valence-electron chi connectivity index (χ3n) is 4.08. The summed E-state index contributed by atoms with van der Waals surface area (Å²) < 4.78 is 38.0. The molecule has 3 rings (SSSR count). The number of anilines is 1. The molecule has 1 heterocycles. The summed E-state index contributed by atoms with van der Waals surface area (Å²) in [5, 5.41) is 5.13. The van der Waals surface area contributed by atoms with E-state index in [0.29, 0.717) is 17.7 Å². The van der Waals surface area contributed by atoms with Crippen LogP contribution >= 0.6 is 0 Å². The zero-order chi connectivity index (χ0) is 19.4. The number of carbonyl (C=O) groups excluding carboxylic acids is 2. The molecule has 0 aromatic heterocycles. The second kappa shape index (κ2) is 8.03. The van der Waals surface area contributed by atoms with Gasteiger partial charge in [0.05, 0.1) is 12.8 Å². The Hall–Kier alpha value is -3.16. The molecule has 1 aliphatic heterocycles. The van der Waals surface area contributed by atoms with Crippen LogP contribution in [0.3, 0.4) is 0 Å². The zero-order valence-electron chi connectivity index (χ0n) is 14.6. The molecule has 27 heavy (non-hydrogen) atoms. The first-order valence-electron chi connectivity index (χ1n) is 8.31. The molecule has 8 heteroatoms. The van der Waals surface area contributed by atoms with Gasteiger partial charge in [0.15, 0.2) is 11.6 Å². The van der Waals surface area contributed by atoms with Gasteiger partial charge in [-0.25, -0.2) is 8.78 Å². The molecule has 0 radical (unpaired) electrons. The zero-order valence-corrected chi connectivity index (χ0v) is 14.6. The van der Waals surface area contributed by atoms with Crippen molar-refractivity contribution in [3.63, 3.8) is 0 Å². The van der Waals surface area contributed by atoms with Crippen molar-refractivity contribution in [1.29, 1.82) is 0 Å². The van der Waals surface area contributed by atoms with Gasteiger partial charge < -0.3 is 20.1 Å². The van der Waals surface area contributed by atoms with Crippen LogP contribution < -0.4 is 20.1 Å². The van der Waals surface area contributed by atoms with E-state index in [9.17, 15) is 18.4 Å². The number of rotatable bonds is 6. The fourth-order valence-corrected chi connectivity index (χ4v) is 2.79. The van der Waals surface area contributed by atoms with Gasteiger partial charge in [-0.3, -0.25) is 9.59 Å². The first-order chi connectivity index (χ1) is 13.0. The lowest BCUT2D eigenvalue weighted by Gasteiger charge is -2.16. The van der Waals surface area contributed by atoms with Crippen molar-refractivity contribution in [3.8, 4) is 11.5 Å². The molecule has 0 aliphatic carbocycles. The lowest BCUT2D eigenvalue weighted by molar-refractivity contribution is -0.122. The summed E-state index contributed by atoms with van der Waals surface area (Å²) in [6.07, 6.45) is 0.642. The van der Waals surface area contributed by atoms with Crippen molar-refractivity contribution in [2.75, 3.05) is 12.4 Å². The molecular formula is C19H18F2N2O4. The van der Waals surface area contributed by atoms with Gasteiger partial charge in [-0.1, -0.05) is 6.07 Å². The van der Waals surface area contributed by atoms with E-state index in [0.717, 1.165) is 0 Å². The second-order valence-corrected chi connectivity index (χ2v) is 6.05. The Labute approximate surface area is 154 Å². The Kier molecular flexibility index (Phi) is 5.54. The number of benzene rings is 2. The number of hydrogen-bond donors (Lipinski definition) is 2. The van der Waals surface area contributed by atoms with E-state index in [2.05, 4.69) is 10.6 Å². The van der Waals surface area contributed by atoms with Gasteiger partial charge in [-0.15, -0.1) is 0 Å². The molecule has 1 fully saturated rings. The molecule has 1 unspecified atom stereocenters. The second-order valence-electron chi connectivity index (χ2n) is 6.05. The van der Waals surface area contributed by atoms with Crippen molar-refractivity contribution < 1.29 is 27.8 Å². The maximum atomic E-state index is 14.3. The van der Waals surface area contributed by atoms with Gasteiger partial charge in [0, 0.05) is 12.5 Å². The summed E-state index contributed by atoms with van der Waals surface area (Å²) in [5.74, 6) is -1.61. The maximum absolute atomic E-state index is 14.3. The molecule has 6 nitrogen and oxygen atoms in total. The van der Waals surface area contributed by atoms with Crippen LogP contribution in [-0.2, 0) is 16.2 Å². The Morgan fingerprint density at radius 2 is 2.11 bits per heavy atom. The lowest BCUT2D eigenvalue weighted by atomic mass is 10.1. The largest absolute Gasteiger partial charge is 0.492 e. The summed E-state index contributed by atoms with van der Waals surface area (Å²) in [7, 11) is 1.29. The molecule has 2 aromatic carbocycles. The highest BCUT2D eigenvalue weighted by Crippen LogP contribution is 2.30. The van der Waals surface area contributed by atoms with Gasteiger partial charge in [-0.05, 0) is 36.2 Å². The fourth-order valence-electron chi connectivity index (χ4n) is 2.79. The van der Waals surface area contributed by atoms with Gasteiger partial charge in [-0.2, -0.15) is 0 Å². The molecule has 1 saturated heterocycles. The third-order valence-corrected chi connectivity index (χ3v) is 4.08. The van der Waals surface area contributed by atoms with E-state index in [1.807, 2.05) is 0 Å². The average Bonchev–Trinajstić information content (AvgIpc) is 3.06. The average molecular weight is 376 g/mol. The molecule has 142 valence electrons. The summed E-state index contributed by atoms with van der Waals surface area (Å²) in [6.45, 7) is -0.0343. The Morgan fingerprint density at radius 1 is 1.30 bits per heavy atom. The van der Waals surface area contributed by atoms with Gasteiger partial charge in [0.25, 0.3) is 0 Å².